The number of nitrogens with zero attached hydrogens (tertiary/aromatic N) is 1. The standard InChI is InChI=1S/C24H26N2O6/c1-5-10-31-20-9-7-17(12-21(20)30-4)19-13-24(32-26-19,14-22(27)28)23(29)25-18-8-6-15(2)11-16(18)3/h5-9,11-12H,1,10,13-14H2,2-4H3,(H,25,29)(H,27,28). The van der Waals surface area contributed by atoms with Crippen molar-refractivity contribution >= 4 is 23.3 Å². The topological polar surface area (TPSA) is 106 Å². The van der Waals surface area contributed by atoms with E-state index in [0.29, 0.717) is 35.1 Å². The normalized spacial score (nSPS) is 17.2. The van der Waals surface area contributed by atoms with Gasteiger partial charge in [-0.25, -0.2) is 0 Å². The van der Waals surface area contributed by atoms with E-state index in [-0.39, 0.29) is 6.42 Å². The second-order valence-electron chi connectivity index (χ2n) is 7.61. The Kier molecular flexibility index (Phi) is 6.82. The van der Waals surface area contributed by atoms with Crippen molar-refractivity contribution < 1.29 is 29.0 Å². The van der Waals surface area contributed by atoms with E-state index in [2.05, 4.69) is 17.1 Å². The van der Waals surface area contributed by atoms with Crippen LogP contribution in [0.4, 0.5) is 5.69 Å². The fraction of sp³-hybridized carbons (Fsp3) is 0.292. The number of nitrogens with one attached hydrogen (secondary N) is 1. The number of oxime groups is 1. The zero-order valence-corrected chi connectivity index (χ0v) is 18.3. The number of anilines is 1. The second-order valence-corrected chi connectivity index (χ2v) is 7.61. The molecule has 2 aromatic carbocycles. The fourth-order valence-electron chi connectivity index (χ4n) is 3.48. The van der Waals surface area contributed by atoms with Gasteiger partial charge in [0.15, 0.2) is 11.5 Å². The van der Waals surface area contributed by atoms with Gasteiger partial charge < -0.3 is 24.7 Å². The van der Waals surface area contributed by atoms with Crippen molar-refractivity contribution in [2.75, 3.05) is 19.0 Å². The molecule has 0 saturated carbocycles. The third kappa shape index (κ3) is 4.91. The number of ether oxygens (including phenoxy) is 2. The van der Waals surface area contributed by atoms with Gasteiger partial charge in [-0.05, 0) is 43.7 Å². The molecule has 0 radical (unpaired) electrons. The van der Waals surface area contributed by atoms with E-state index >= 15 is 0 Å². The first-order valence-corrected chi connectivity index (χ1v) is 10.1. The van der Waals surface area contributed by atoms with Crippen LogP contribution < -0.4 is 14.8 Å². The monoisotopic (exact) mass is 438 g/mol. The average molecular weight is 438 g/mol. The molecule has 1 aliphatic rings. The van der Waals surface area contributed by atoms with Gasteiger partial charge in [0.1, 0.15) is 6.61 Å². The highest BCUT2D eigenvalue weighted by Gasteiger charge is 2.49. The van der Waals surface area contributed by atoms with Crippen molar-refractivity contribution in [1.82, 2.24) is 0 Å². The van der Waals surface area contributed by atoms with Gasteiger partial charge in [-0.1, -0.05) is 35.5 Å². The number of benzene rings is 2. The zero-order chi connectivity index (χ0) is 23.3. The maximum absolute atomic E-state index is 13.2. The number of aryl methyl sites for hydroxylation is 2. The van der Waals surface area contributed by atoms with E-state index in [0.717, 1.165) is 11.1 Å². The van der Waals surface area contributed by atoms with E-state index in [4.69, 9.17) is 14.3 Å². The Balaban J connectivity index is 1.85. The fourth-order valence-corrected chi connectivity index (χ4v) is 3.48. The number of hydrogen-bond acceptors (Lipinski definition) is 6. The second kappa shape index (κ2) is 9.55. The Hall–Kier alpha value is -3.81. The molecule has 0 aliphatic carbocycles. The number of carboxylic acids is 1. The lowest BCUT2D eigenvalue weighted by molar-refractivity contribution is -0.152. The number of aliphatic carboxylic acids is 1. The first kappa shape index (κ1) is 22.9. The summed E-state index contributed by atoms with van der Waals surface area (Å²) in [6, 6.07) is 10.8. The molecule has 0 bridgehead atoms. The van der Waals surface area contributed by atoms with Crippen LogP contribution in [-0.2, 0) is 14.4 Å². The molecular weight excluding hydrogens is 412 g/mol. The minimum atomic E-state index is -1.66. The third-order valence-corrected chi connectivity index (χ3v) is 5.12. The zero-order valence-electron chi connectivity index (χ0n) is 18.3. The number of carboxylic acid groups (broad SMARTS) is 1. The minimum absolute atomic E-state index is 0.00788. The van der Waals surface area contributed by atoms with Gasteiger partial charge in [0.2, 0.25) is 5.60 Å². The molecule has 0 fully saturated rings. The van der Waals surface area contributed by atoms with Crippen LogP contribution in [0.25, 0.3) is 0 Å². The molecule has 0 aromatic heterocycles. The quantitative estimate of drug-likeness (QED) is 0.576. The third-order valence-electron chi connectivity index (χ3n) is 5.12. The van der Waals surface area contributed by atoms with E-state index in [9.17, 15) is 14.7 Å². The number of amides is 1. The van der Waals surface area contributed by atoms with Crippen molar-refractivity contribution in [3.05, 3.63) is 65.7 Å². The smallest absolute Gasteiger partial charge is 0.308 e. The summed E-state index contributed by atoms with van der Waals surface area (Å²) in [5.74, 6) is -0.728. The van der Waals surface area contributed by atoms with Gasteiger partial charge in [-0.2, -0.15) is 0 Å². The SMILES string of the molecule is C=CCOc1ccc(C2=NOC(CC(=O)O)(C(=O)Nc3ccc(C)cc3C)C2)cc1OC. The molecule has 168 valence electrons. The molecule has 1 atom stereocenters. The molecule has 2 aromatic rings. The van der Waals surface area contributed by atoms with Gasteiger partial charge in [0.25, 0.3) is 5.91 Å². The van der Waals surface area contributed by atoms with Crippen molar-refractivity contribution in [3.8, 4) is 11.5 Å². The molecular formula is C24H26N2O6. The van der Waals surface area contributed by atoms with E-state index < -0.39 is 23.9 Å². The molecule has 0 saturated heterocycles. The summed E-state index contributed by atoms with van der Waals surface area (Å²) in [4.78, 5) is 30.2. The summed E-state index contributed by atoms with van der Waals surface area (Å²) >= 11 is 0. The molecule has 2 N–H and O–H groups in total. The summed E-state index contributed by atoms with van der Waals surface area (Å²) in [7, 11) is 1.51. The van der Waals surface area contributed by atoms with Gasteiger partial charge in [0, 0.05) is 17.7 Å². The van der Waals surface area contributed by atoms with E-state index in [1.165, 1.54) is 7.11 Å². The predicted octanol–water partition coefficient (Wildman–Crippen LogP) is 3.85. The summed E-state index contributed by atoms with van der Waals surface area (Å²) < 4.78 is 10.9. The van der Waals surface area contributed by atoms with Gasteiger partial charge >= 0.3 is 5.97 Å². The van der Waals surface area contributed by atoms with Crippen LogP contribution in [0.1, 0.15) is 29.5 Å². The lowest BCUT2D eigenvalue weighted by Gasteiger charge is -2.24. The summed E-state index contributed by atoms with van der Waals surface area (Å²) in [5, 5.41) is 16.3. The van der Waals surface area contributed by atoms with Crippen LogP contribution in [-0.4, -0.2) is 42.0 Å². The lowest BCUT2D eigenvalue weighted by atomic mass is 9.89. The number of carbonyl (C=O) groups excluding carboxylic acids is 1. The van der Waals surface area contributed by atoms with Crippen LogP contribution >= 0.6 is 0 Å². The Morgan fingerprint density at radius 1 is 1.25 bits per heavy atom. The number of carbonyl (C=O) groups is 2. The van der Waals surface area contributed by atoms with Gasteiger partial charge in [0.05, 0.1) is 19.2 Å². The Morgan fingerprint density at radius 3 is 2.69 bits per heavy atom. The Bertz CT molecular complexity index is 1080. The molecule has 1 aliphatic heterocycles. The molecule has 32 heavy (non-hydrogen) atoms. The first-order chi connectivity index (χ1) is 15.3. The molecule has 1 heterocycles. The average Bonchev–Trinajstić information content (AvgIpc) is 3.18. The van der Waals surface area contributed by atoms with Crippen LogP contribution in [0.15, 0.2) is 54.2 Å². The van der Waals surface area contributed by atoms with Crippen LogP contribution in [0.2, 0.25) is 0 Å². The number of hydrogen-bond donors (Lipinski definition) is 2. The minimum Gasteiger partial charge on any atom is -0.493 e. The Labute approximate surface area is 186 Å². The number of rotatable bonds is 9. The Morgan fingerprint density at radius 2 is 2.03 bits per heavy atom. The van der Waals surface area contributed by atoms with Crippen LogP contribution in [0, 0.1) is 13.8 Å². The molecule has 8 heteroatoms. The van der Waals surface area contributed by atoms with Gasteiger partial charge in [-0.15, -0.1) is 0 Å². The van der Waals surface area contributed by atoms with E-state index in [1.54, 1.807) is 30.3 Å². The predicted molar refractivity (Wildman–Crippen MR) is 120 cm³/mol. The highest BCUT2D eigenvalue weighted by atomic mass is 16.7. The molecule has 0 spiro atoms. The maximum Gasteiger partial charge on any atom is 0.308 e. The highest BCUT2D eigenvalue weighted by molar-refractivity contribution is 6.09. The van der Waals surface area contributed by atoms with Crippen molar-refractivity contribution in [3.63, 3.8) is 0 Å². The maximum atomic E-state index is 13.2. The van der Waals surface area contributed by atoms with E-state index in [1.807, 2.05) is 26.0 Å². The lowest BCUT2D eigenvalue weighted by Crippen LogP contribution is -2.45. The highest BCUT2D eigenvalue weighted by Crippen LogP contribution is 2.35. The largest absolute Gasteiger partial charge is 0.493 e. The summed E-state index contributed by atoms with van der Waals surface area (Å²) in [6.07, 6.45) is 1.08. The molecule has 8 nitrogen and oxygen atoms in total. The van der Waals surface area contributed by atoms with Crippen molar-refractivity contribution in [2.24, 2.45) is 5.16 Å². The van der Waals surface area contributed by atoms with Crippen molar-refractivity contribution in [1.29, 1.82) is 0 Å². The number of methoxy groups -OCH3 is 1. The van der Waals surface area contributed by atoms with Gasteiger partial charge in [-0.3, -0.25) is 9.59 Å². The summed E-state index contributed by atoms with van der Waals surface area (Å²) in [6.45, 7) is 7.76. The molecule has 1 unspecified atom stereocenters. The van der Waals surface area contributed by atoms with Crippen molar-refractivity contribution in [2.45, 2.75) is 32.3 Å². The van der Waals surface area contributed by atoms with Crippen LogP contribution in [0.3, 0.4) is 0 Å². The molecule has 3 rings (SSSR count). The summed E-state index contributed by atoms with van der Waals surface area (Å²) in [5.41, 5.74) is 1.92. The van der Waals surface area contributed by atoms with Crippen LogP contribution in [0.5, 0.6) is 11.5 Å². The first-order valence-electron chi connectivity index (χ1n) is 10.1. The molecule has 1 amide bonds.